The number of rotatable bonds is 1. The van der Waals surface area contributed by atoms with Crippen molar-refractivity contribution in [1.29, 1.82) is 0 Å². The summed E-state index contributed by atoms with van der Waals surface area (Å²) in [6.07, 6.45) is 0. The van der Waals surface area contributed by atoms with Crippen molar-refractivity contribution in [3.05, 3.63) is 30.3 Å². The number of hydrogen-bond donors (Lipinski definition) is 2. The molecule has 0 spiro atoms. The molecule has 0 aliphatic heterocycles. The average Bonchev–Trinajstić information content (AvgIpc) is 2.05. The van der Waals surface area contributed by atoms with Crippen LogP contribution in [0.15, 0.2) is 30.3 Å². The van der Waals surface area contributed by atoms with E-state index >= 15 is 0 Å². The first-order chi connectivity index (χ1) is 5.66. The molecule has 0 aliphatic rings. The molecule has 0 atom stereocenters. The van der Waals surface area contributed by atoms with Gasteiger partial charge in [0.15, 0.2) is 0 Å². The van der Waals surface area contributed by atoms with Gasteiger partial charge in [0, 0.05) is 0 Å². The third kappa shape index (κ3) is 12.1. The van der Waals surface area contributed by atoms with Gasteiger partial charge in [-0.2, -0.15) is 4.21 Å². The molecule has 1 aromatic carbocycles. The summed E-state index contributed by atoms with van der Waals surface area (Å²) >= 11 is -2.61. The van der Waals surface area contributed by atoms with E-state index in [9.17, 15) is 0 Å². The quantitative estimate of drug-likeness (QED) is 0.534. The molecule has 0 bridgehead atoms. The van der Waals surface area contributed by atoms with Gasteiger partial charge in [-0.1, -0.05) is 18.2 Å². The SMILES string of the molecule is COc1ccccc1.O=S(O)O.[NaH]. The number of methoxy groups -OCH3 is 1. The zero-order valence-electron chi connectivity index (χ0n) is 6.51. The molecule has 0 saturated heterocycles. The second-order valence-corrected chi connectivity index (χ2v) is 2.21. The maximum absolute atomic E-state index is 8.67. The van der Waals surface area contributed by atoms with Crippen LogP contribution < -0.4 is 4.74 Å². The van der Waals surface area contributed by atoms with E-state index in [1.807, 2.05) is 30.3 Å². The van der Waals surface area contributed by atoms with Crippen molar-refractivity contribution in [2.24, 2.45) is 0 Å². The Morgan fingerprint density at radius 3 is 1.85 bits per heavy atom. The molecule has 0 saturated carbocycles. The molecular weight excluding hydrogens is 203 g/mol. The van der Waals surface area contributed by atoms with Gasteiger partial charge in [0.25, 0.3) is 11.4 Å². The van der Waals surface area contributed by atoms with E-state index in [1.54, 1.807) is 7.11 Å². The second-order valence-electron chi connectivity index (χ2n) is 1.75. The Morgan fingerprint density at radius 1 is 1.23 bits per heavy atom. The van der Waals surface area contributed by atoms with Crippen LogP contribution in [0.2, 0.25) is 0 Å². The van der Waals surface area contributed by atoms with E-state index in [4.69, 9.17) is 18.1 Å². The molecule has 0 amide bonds. The van der Waals surface area contributed by atoms with Crippen LogP contribution in [0.5, 0.6) is 5.75 Å². The van der Waals surface area contributed by atoms with Crippen LogP contribution in [-0.4, -0.2) is 50.0 Å². The van der Waals surface area contributed by atoms with Crippen LogP contribution in [0, 0.1) is 0 Å². The van der Waals surface area contributed by atoms with Crippen molar-refractivity contribution in [1.82, 2.24) is 0 Å². The summed E-state index contributed by atoms with van der Waals surface area (Å²) in [5.41, 5.74) is 0. The van der Waals surface area contributed by atoms with Gasteiger partial charge in [0.1, 0.15) is 5.75 Å². The van der Waals surface area contributed by atoms with Gasteiger partial charge in [0.05, 0.1) is 7.11 Å². The third-order valence-corrected chi connectivity index (χ3v) is 0.979. The van der Waals surface area contributed by atoms with Gasteiger partial charge in [-0.15, -0.1) is 0 Å². The van der Waals surface area contributed by atoms with E-state index in [0.29, 0.717) is 0 Å². The predicted molar refractivity (Wildman–Crippen MR) is 53.5 cm³/mol. The molecule has 70 valence electrons. The van der Waals surface area contributed by atoms with Crippen LogP contribution in [0.25, 0.3) is 0 Å². The van der Waals surface area contributed by atoms with E-state index in [2.05, 4.69) is 0 Å². The molecule has 0 aromatic heterocycles. The third-order valence-electron chi connectivity index (χ3n) is 0.979. The summed E-state index contributed by atoms with van der Waals surface area (Å²) in [7, 11) is 1.66. The first-order valence-corrected chi connectivity index (χ1v) is 4.12. The van der Waals surface area contributed by atoms with Crippen molar-refractivity contribution in [2.75, 3.05) is 7.11 Å². The Bertz CT molecular complexity index is 225. The van der Waals surface area contributed by atoms with Gasteiger partial charge in [-0.05, 0) is 12.1 Å². The van der Waals surface area contributed by atoms with Gasteiger partial charge in [-0.3, -0.25) is 9.11 Å². The van der Waals surface area contributed by atoms with Gasteiger partial charge >= 0.3 is 29.6 Å². The Morgan fingerprint density at radius 2 is 1.62 bits per heavy atom. The van der Waals surface area contributed by atoms with Gasteiger partial charge < -0.3 is 4.74 Å². The summed E-state index contributed by atoms with van der Waals surface area (Å²) in [6, 6.07) is 9.68. The fraction of sp³-hybridized carbons (Fsp3) is 0.143. The number of hydrogen-bond acceptors (Lipinski definition) is 2. The summed E-state index contributed by atoms with van der Waals surface area (Å²) in [5.74, 6) is 0.910. The van der Waals surface area contributed by atoms with E-state index < -0.39 is 11.4 Å². The van der Waals surface area contributed by atoms with Crippen LogP contribution >= 0.6 is 0 Å². The van der Waals surface area contributed by atoms with Gasteiger partial charge in [0.2, 0.25) is 0 Å². The summed E-state index contributed by atoms with van der Waals surface area (Å²) in [5, 5.41) is 0. The summed E-state index contributed by atoms with van der Waals surface area (Å²) < 4.78 is 27.7. The molecule has 2 N–H and O–H groups in total. The first-order valence-electron chi connectivity index (χ1n) is 3.05. The van der Waals surface area contributed by atoms with E-state index in [-0.39, 0.29) is 29.6 Å². The topological polar surface area (TPSA) is 66.8 Å². The molecule has 0 heterocycles. The monoisotopic (exact) mass is 214 g/mol. The van der Waals surface area contributed by atoms with Crippen molar-refractivity contribution < 1.29 is 18.1 Å². The number of benzene rings is 1. The summed E-state index contributed by atoms with van der Waals surface area (Å²) in [6.45, 7) is 0. The zero-order chi connectivity index (χ0) is 9.40. The molecule has 1 aromatic rings. The number of para-hydroxylation sites is 1. The van der Waals surface area contributed by atoms with Crippen molar-refractivity contribution in [3.8, 4) is 5.75 Å². The van der Waals surface area contributed by atoms with Crippen molar-refractivity contribution >= 4 is 40.9 Å². The van der Waals surface area contributed by atoms with E-state index in [1.165, 1.54) is 0 Å². The Hall–Kier alpha value is 0.0900. The molecule has 1 rings (SSSR count). The first kappa shape index (κ1) is 15.6. The molecule has 4 nitrogen and oxygen atoms in total. The molecule has 6 heteroatoms. The van der Waals surface area contributed by atoms with Crippen LogP contribution in [0.4, 0.5) is 0 Å². The second kappa shape index (κ2) is 10.2. The molecule has 0 aliphatic carbocycles. The van der Waals surface area contributed by atoms with Gasteiger partial charge in [-0.25, -0.2) is 0 Å². The zero-order valence-corrected chi connectivity index (χ0v) is 7.32. The number of ether oxygens (including phenoxy) is 1. The minimum absolute atomic E-state index is 0. The average molecular weight is 214 g/mol. The Balaban J connectivity index is 0. The van der Waals surface area contributed by atoms with Crippen molar-refractivity contribution in [3.63, 3.8) is 0 Å². The van der Waals surface area contributed by atoms with Crippen LogP contribution in [0.1, 0.15) is 0 Å². The molecule has 0 radical (unpaired) electrons. The minimum atomic E-state index is -2.61. The molecule has 0 fully saturated rings. The molecular formula is C7H11NaO4S. The standard InChI is InChI=1S/C7H8O.Na.H2O3S.H/c1-8-7-5-3-2-4-6-7;;1-4(2)3;/h2-6H,1H3;;(H2,1,2,3);. The van der Waals surface area contributed by atoms with Crippen LogP contribution in [-0.2, 0) is 11.4 Å². The Labute approximate surface area is 102 Å². The fourth-order valence-corrected chi connectivity index (χ4v) is 0.557. The molecule has 13 heavy (non-hydrogen) atoms. The van der Waals surface area contributed by atoms with Crippen molar-refractivity contribution in [2.45, 2.75) is 0 Å². The van der Waals surface area contributed by atoms with Crippen LogP contribution in [0.3, 0.4) is 0 Å². The molecule has 0 unspecified atom stereocenters. The fourth-order valence-electron chi connectivity index (χ4n) is 0.557. The Kier molecular flexibility index (Phi) is 12.2. The predicted octanol–water partition coefficient (Wildman–Crippen LogP) is 0.728. The maximum atomic E-state index is 8.67. The summed E-state index contributed by atoms with van der Waals surface area (Å²) in [4.78, 5) is 0. The normalized spacial score (nSPS) is 8.00. The van der Waals surface area contributed by atoms with E-state index in [0.717, 1.165) is 5.75 Å².